The monoisotopic (exact) mass is 301 g/mol. The molecule has 0 saturated carbocycles. The average molecular weight is 301 g/mol. The van der Waals surface area contributed by atoms with Gasteiger partial charge in [0, 0.05) is 32.4 Å². The van der Waals surface area contributed by atoms with Crippen LogP contribution in [0.3, 0.4) is 0 Å². The number of carboxylic acids is 1. The van der Waals surface area contributed by atoms with E-state index in [1.54, 1.807) is 0 Å². The van der Waals surface area contributed by atoms with Crippen molar-refractivity contribution < 1.29 is 53.7 Å². The van der Waals surface area contributed by atoms with Crippen LogP contribution in [0.2, 0.25) is 0 Å². The SMILES string of the molecule is C=CC(=O)O.CP(C)(=O)O.O=C1CCCN1.[CH-]=C.[Na+]. The molecule has 0 aromatic carbocycles. The molecule has 19 heavy (non-hydrogen) atoms. The van der Waals surface area contributed by atoms with Crippen molar-refractivity contribution in [1.82, 2.24) is 5.32 Å². The van der Waals surface area contributed by atoms with E-state index in [9.17, 15) is 14.2 Å². The van der Waals surface area contributed by atoms with Crippen LogP contribution in [0.1, 0.15) is 12.8 Å². The van der Waals surface area contributed by atoms with Crippen molar-refractivity contribution in [2.75, 3.05) is 19.9 Å². The first-order valence-electron chi connectivity index (χ1n) is 4.97. The molecule has 0 aliphatic carbocycles. The van der Waals surface area contributed by atoms with Crippen molar-refractivity contribution in [1.29, 1.82) is 0 Å². The summed E-state index contributed by atoms with van der Waals surface area (Å²) in [7, 11) is -2.64. The molecule has 1 amide bonds. The number of hydrogen-bond donors (Lipinski definition) is 3. The number of amides is 1. The van der Waals surface area contributed by atoms with Gasteiger partial charge in [-0.3, -0.25) is 15.9 Å². The molecule has 1 fully saturated rings. The van der Waals surface area contributed by atoms with Gasteiger partial charge < -0.3 is 21.9 Å². The fourth-order valence-corrected chi connectivity index (χ4v) is 0.565. The Kier molecular flexibility index (Phi) is 25.1. The van der Waals surface area contributed by atoms with Gasteiger partial charge in [0.2, 0.25) is 5.91 Å². The van der Waals surface area contributed by atoms with Gasteiger partial charge in [-0.05, 0) is 6.42 Å². The summed E-state index contributed by atoms with van der Waals surface area (Å²) in [5.74, 6) is -0.778. The molecule has 3 N–H and O–H groups in total. The van der Waals surface area contributed by atoms with Crippen LogP contribution in [0.25, 0.3) is 0 Å². The minimum atomic E-state index is -2.64. The molecule has 1 heterocycles. The molecule has 1 rings (SSSR count). The van der Waals surface area contributed by atoms with E-state index in [0.717, 1.165) is 25.5 Å². The van der Waals surface area contributed by atoms with Crippen molar-refractivity contribution in [2.24, 2.45) is 0 Å². The largest absolute Gasteiger partial charge is 1.00 e. The second kappa shape index (κ2) is 17.6. The molecule has 1 aliphatic heterocycles. The molecule has 0 bridgehead atoms. The molecule has 0 atom stereocenters. The van der Waals surface area contributed by atoms with E-state index in [2.05, 4.69) is 25.1 Å². The van der Waals surface area contributed by atoms with Crippen LogP contribution >= 0.6 is 7.37 Å². The summed E-state index contributed by atoms with van der Waals surface area (Å²) in [6, 6.07) is 0. The summed E-state index contributed by atoms with van der Waals surface area (Å²) in [4.78, 5) is 27.5. The van der Waals surface area contributed by atoms with Gasteiger partial charge in [-0.25, -0.2) is 4.79 Å². The zero-order valence-corrected chi connectivity index (χ0v) is 14.7. The molecule has 1 aliphatic rings. The van der Waals surface area contributed by atoms with Crippen molar-refractivity contribution in [3.8, 4) is 0 Å². The number of hydrogen-bond acceptors (Lipinski definition) is 3. The van der Waals surface area contributed by atoms with Crippen molar-refractivity contribution >= 4 is 19.2 Å². The first-order chi connectivity index (χ1) is 8.16. The first-order valence-corrected chi connectivity index (χ1v) is 7.53. The van der Waals surface area contributed by atoms with Gasteiger partial charge >= 0.3 is 35.5 Å². The number of aliphatic carboxylic acids is 1. The third kappa shape index (κ3) is 57.9. The number of carbonyl (C=O) groups excluding carboxylic acids is 1. The zero-order valence-electron chi connectivity index (χ0n) is 11.8. The summed E-state index contributed by atoms with van der Waals surface area (Å²) < 4.78 is 9.77. The average Bonchev–Trinajstić information content (AvgIpc) is 2.70. The molecule has 0 aromatic rings. The molecule has 6 nitrogen and oxygen atoms in total. The Balaban J connectivity index is -0.0000000819. The summed E-state index contributed by atoms with van der Waals surface area (Å²) >= 11 is 0. The summed E-state index contributed by atoms with van der Waals surface area (Å²) in [5.41, 5.74) is 0. The predicted molar refractivity (Wildman–Crippen MR) is 71.7 cm³/mol. The van der Waals surface area contributed by atoms with Crippen LogP contribution in [0, 0.1) is 6.58 Å². The maximum absolute atomic E-state index is 10.1. The predicted octanol–water partition coefficient (Wildman–Crippen LogP) is -1.72. The van der Waals surface area contributed by atoms with E-state index in [0.29, 0.717) is 0 Å². The molecule has 0 aromatic heterocycles. The molecule has 8 heteroatoms. The molecule has 0 spiro atoms. The fraction of sp³-hybridized carbons (Fsp3) is 0.455. The third-order valence-electron chi connectivity index (χ3n) is 1.08. The summed E-state index contributed by atoms with van der Waals surface area (Å²) in [5, 5.41) is 10.3. The van der Waals surface area contributed by atoms with E-state index >= 15 is 0 Å². The standard InChI is InChI=1S/C4H7NO.C3H4O2.C2H7O2P.C2H3.Na/c6-4-2-1-3-5-4;1-2-3(4)5;1-5(2,3)4;1-2;/h1-3H2,(H,5,6);2H,1H2,(H,4,5);1-2H3,(H,3,4);1H,2H2;/q;;;-1;+1. The number of carbonyl (C=O) groups is 2. The van der Waals surface area contributed by atoms with Gasteiger partial charge in [-0.15, -0.1) is 0 Å². The van der Waals surface area contributed by atoms with Crippen LogP contribution < -0.4 is 34.9 Å². The Bertz CT molecular complexity index is 287. The minimum absolute atomic E-state index is 0. The molecular weight excluding hydrogens is 280 g/mol. The summed E-state index contributed by atoms with van der Waals surface area (Å²) in [6.07, 6.45) is 2.60. The minimum Gasteiger partial charge on any atom is -0.521 e. The van der Waals surface area contributed by atoms with E-state index in [-0.39, 0.29) is 35.5 Å². The first kappa shape index (κ1) is 27.0. The van der Waals surface area contributed by atoms with Gasteiger partial charge in [-0.1, -0.05) is 6.58 Å². The van der Waals surface area contributed by atoms with Crippen LogP contribution in [-0.4, -0.2) is 41.8 Å². The van der Waals surface area contributed by atoms with E-state index in [1.807, 2.05) is 0 Å². The molecule has 1 saturated heterocycles. The second-order valence-corrected chi connectivity index (χ2v) is 5.88. The Morgan fingerprint density at radius 3 is 1.84 bits per heavy atom. The number of nitrogens with one attached hydrogen (secondary N) is 1. The van der Waals surface area contributed by atoms with Crippen LogP contribution in [0.4, 0.5) is 0 Å². The van der Waals surface area contributed by atoms with Gasteiger partial charge in [0.25, 0.3) is 0 Å². The van der Waals surface area contributed by atoms with E-state index in [4.69, 9.17) is 10.00 Å². The maximum atomic E-state index is 10.1. The third-order valence-corrected chi connectivity index (χ3v) is 1.08. The molecule has 106 valence electrons. The Labute approximate surface area is 136 Å². The van der Waals surface area contributed by atoms with Gasteiger partial charge in [0.05, 0.1) is 0 Å². The number of carboxylic acid groups (broad SMARTS) is 1. The molecule has 0 radical (unpaired) electrons. The second-order valence-electron chi connectivity index (χ2n) is 3.29. The van der Waals surface area contributed by atoms with Crippen molar-refractivity contribution in [2.45, 2.75) is 12.8 Å². The van der Waals surface area contributed by atoms with Crippen LogP contribution in [0.5, 0.6) is 0 Å². The normalized spacial score (nSPS) is 11.6. The fourth-order valence-electron chi connectivity index (χ4n) is 0.565. The van der Waals surface area contributed by atoms with Crippen LogP contribution in [0.15, 0.2) is 19.2 Å². The zero-order chi connectivity index (χ0) is 15.2. The summed E-state index contributed by atoms with van der Waals surface area (Å²) in [6.45, 7) is 13.4. The quantitative estimate of drug-likeness (QED) is 0.231. The molecular formula is C11H21NNaO5P. The van der Waals surface area contributed by atoms with Crippen molar-refractivity contribution in [3.63, 3.8) is 0 Å². The van der Waals surface area contributed by atoms with Gasteiger partial charge in [-0.2, -0.15) is 0 Å². The topological polar surface area (TPSA) is 104 Å². The maximum Gasteiger partial charge on any atom is 1.00 e. The van der Waals surface area contributed by atoms with Crippen LogP contribution in [-0.2, 0) is 14.2 Å². The van der Waals surface area contributed by atoms with Gasteiger partial charge in [0.1, 0.15) is 0 Å². The van der Waals surface area contributed by atoms with E-state index < -0.39 is 13.3 Å². The Morgan fingerprint density at radius 1 is 1.47 bits per heavy atom. The van der Waals surface area contributed by atoms with Gasteiger partial charge in [0.15, 0.2) is 7.37 Å². The van der Waals surface area contributed by atoms with Crippen molar-refractivity contribution in [3.05, 3.63) is 25.8 Å². The Morgan fingerprint density at radius 2 is 1.79 bits per heavy atom. The smallest absolute Gasteiger partial charge is 0.521 e. The number of rotatable bonds is 1. The molecule has 0 unspecified atom stereocenters. The van der Waals surface area contributed by atoms with E-state index in [1.165, 1.54) is 13.3 Å². The Hall–Kier alpha value is -0.390.